The zero-order valence-corrected chi connectivity index (χ0v) is 11.6. The Hall–Kier alpha value is -1.20. The molecule has 2 heterocycles. The van der Waals surface area contributed by atoms with E-state index in [2.05, 4.69) is 28.9 Å². The molecule has 3 rings (SSSR count). The van der Waals surface area contributed by atoms with Gasteiger partial charge in [0.05, 0.1) is 17.0 Å². The molecule has 0 bridgehead atoms. The highest BCUT2D eigenvalue weighted by Crippen LogP contribution is 2.27. The number of nitrogens with zero attached hydrogens (tertiary/aromatic N) is 3. The molecule has 0 aliphatic heterocycles. The fraction of sp³-hybridized carbons (Fsp3) is 0.538. The third kappa shape index (κ3) is 2.47. The van der Waals surface area contributed by atoms with Crippen molar-refractivity contribution >= 4 is 11.3 Å². The predicted octanol–water partition coefficient (Wildman–Crippen LogP) is 2.36. The van der Waals surface area contributed by atoms with Gasteiger partial charge in [-0.15, -0.1) is 11.3 Å². The number of hydrogen-bond acceptors (Lipinski definition) is 4. The van der Waals surface area contributed by atoms with Gasteiger partial charge >= 0.3 is 0 Å². The van der Waals surface area contributed by atoms with Crippen LogP contribution in [-0.4, -0.2) is 20.8 Å². The van der Waals surface area contributed by atoms with Crippen molar-refractivity contribution in [2.24, 2.45) is 7.05 Å². The Bertz CT molecular complexity index is 539. The van der Waals surface area contributed by atoms with E-state index in [1.165, 1.54) is 18.4 Å². The van der Waals surface area contributed by atoms with Crippen molar-refractivity contribution < 1.29 is 0 Å². The molecule has 1 saturated carbocycles. The zero-order valence-electron chi connectivity index (χ0n) is 10.8. The van der Waals surface area contributed by atoms with E-state index in [9.17, 15) is 0 Å². The molecule has 5 heteroatoms. The molecule has 0 saturated heterocycles. The molecule has 0 amide bonds. The Labute approximate surface area is 111 Å². The van der Waals surface area contributed by atoms with E-state index in [-0.39, 0.29) is 0 Å². The van der Waals surface area contributed by atoms with Gasteiger partial charge in [-0.2, -0.15) is 5.10 Å². The monoisotopic (exact) mass is 262 g/mol. The van der Waals surface area contributed by atoms with Crippen LogP contribution in [0.2, 0.25) is 0 Å². The second kappa shape index (κ2) is 4.82. The molecular weight excluding hydrogens is 244 g/mol. The summed E-state index contributed by atoms with van der Waals surface area (Å²) in [5, 5.41) is 11.2. The van der Waals surface area contributed by atoms with Gasteiger partial charge in [-0.25, -0.2) is 4.98 Å². The van der Waals surface area contributed by atoms with Gasteiger partial charge in [-0.3, -0.25) is 4.68 Å². The van der Waals surface area contributed by atoms with Crippen LogP contribution in [0, 0.1) is 0 Å². The summed E-state index contributed by atoms with van der Waals surface area (Å²) < 4.78 is 1.87. The van der Waals surface area contributed by atoms with Gasteiger partial charge in [-0.1, -0.05) is 6.92 Å². The van der Waals surface area contributed by atoms with Crippen LogP contribution >= 0.6 is 11.3 Å². The van der Waals surface area contributed by atoms with E-state index in [0.29, 0.717) is 0 Å². The van der Waals surface area contributed by atoms with Crippen LogP contribution in [0.15, 0.2) is 11.6 Å². The van der Waals surface area contributed by atoms with Crippen molar-refractivity contribution in [2.45, 2.75) is 38.8 Å². The van der Waals surface area contributed by atoms with E-state index in [4.69, 9.17) is 4.98 Å². The minimum Gasteiger partial charge on any atom is -0.308 e. The molecule has 2 aromatic heterocycles. The lowest BCUT2D eigenvalue weighted by atomic mass is 10.2. The van der Waals surface area contributed by atoms with E-state index < -0.39 is 0 Å². The summed E-state index contributed by atoms with van der Waals surface area (Å²) in [5.74, 6) is 0. The molecule has 96 valence electrons. The van der Waals surface area contributed by atoms with Crippen molar-refractivity contribution in [3.63, 3.8) is 0 Å². The Morgan fingerprint density at radius 2 is 2.33 bits per heavy atom. The summed E-state index contributed by atoms with van der Waals surface area (Å²) in [7, 11) is 1.96. The van der Waals surface area contributed by atoms with Gasteiger partial charge in [0.15, 0.2) is 0 Å². The first kappa shape index (κ1) is 11.9. The van der Waals surface area contributed by atoms with E-state index in [0.717, 1.165) is 35.4 Å². The van der Waals surface area contributed by atoms with Crippen LogP contribution in [0.5, 0.6) is 0 Å². The van der Waals surface area contributed by atoms with Crippen molar-refractivity contribution in [2.75, 3.05) is 0 Å². The SMILES string of the molecule is CCc1nn(C)cc1-c1nc(CNC2CC2)cs1. The lowest BCUT2D eigenvalue weighted by Gasteiger charge is -1.97. The van der Waals surface area contributed by atoms with Gasteiger partial charge in [0.2, 0.25) is 0 Å². The van der Waals surface area contributed by atoms with Crippen LogP contribution < -0.4 is 5.32 Å². The van der Waals surface area contributed by atoms with Crippen molar-refractivity contribution in [1.29, 1.82) is 0 Å². The molecule has 0 aromatic carbocycles. The van der Waals surface area contributed by atoms with E-state index in [1.807, 2.05) is 11.7 Å². The Balaban J connectivity index is 1.78. The standard InChI is InChI=1S/C13H18N4S/c1-3-12-11(7-17(2)16-12)13-15-10(8-18-13)6-14-9-4-5-9/h7-9,14H,3-6H2,1-2H3. The Morgan fingerprint density at radius 1 is 1.50 bits per heavy atom. The first-order chi connectivity index (χ1) is 8.76. The fourth-order valence-electron chi connectivity index (χ4n) is 2.02. The normalized spacial score (nSPS) is 15.2. The van der Waals surface area contributed by atoms with Crippen molar-refractivity contribution in [1.82, 2.24) is 20.1 Å². The quantitative estimate of drug-likeness (QED) is 0.899. The second-order valence-electron chi connectivity index (χ2n) is 4.82. The minimum atomic E-state index is 0.736. The van der Waals surface area contributed by atoms with Crippen molar-refractivity contribution in [3.05, 3.63) is 23.0 Å². The van der Waals surface area contributed by atoms with Gasteiger partial charge in [0.1, 0.15) is 5.01 Å². The number of rotatable bonds is 5. The van der Waals surface area contributed by atoms with Gasteiger partial charge in [-0.05, 0) is 19.3 Å². The first-order valence-electron chi connectivity index (χ1n) is 6.47. The maximum atomic E-state index is 4.70. The Kier molecular flexibility index (Phi) is 3.18. The molecule has 1 aliphatic rings. The lowest BCUT2D eigenvalue weighted by molar-refractivity contribution is 0.678. The number of aromatic nitrogens is 3. The fourth-order valence-corrected chi connectivity index (χ4v) is 2.87. The number of aryl methyl sites for hydroxylation is 2. The molecule has 1 N–H and O–H groups in total. The largest absolute Gasteiger partial charge is 0.308 e. The molecule has 0 atom stereocenters. The molecule has 4 nitrogen and oxygen atoms in total. The topological polar surface area (TPSA) is 42.7 Å². The smallest absolute Gasteiger partial charge is 0.127 e. The summed E-state index contributed by atoms with van der Waals surface area (Å²) in [5.41, 5.74) is 3.46. The first-order valence-corrected chi connectivity index (χ1v) is 7.35. The van der Waals surface area contributed by atoms with Crippen LogP contribution in [-0.2, 0) is 20.0 Å². The van der Waals surface area contributed by atoms with Crippen LogP contribution in [0.25, 0.3) is 10.6 Å². The molecule has 1 aliphatic carbocycles. The highest BCUT2D eigenvalue weighted by molar-refractivity contribution is 7.13. The molecule has 0 spiro atoms. The average molecular weight is 262 g/mol. The molecule has 0 unspecified atom stereocenters. The lowest BCUT2D eigenvalue weighted by Crippen LogP contribution is -2.15. The maximum absolute atomic E-state index is 4.70. The highest BCUT2D eigenvalue weighted by atomic mass is 32.1. The second-order valence-corrected chi connectivity index (χ2v) is 5.67. The zero-order chi connectivity index (χ0) is 12.5. The number of nitrogens with one attached hydrogen (secondary N) is 1. The maximum Gasteiger partial charge on any atom is 0.127 e. The molecule has 0 radical (unpaired) electrons. The predicted molar refractivity (Wildman–Crippen MR) is 73.6 cm³/mol. The molecular formula is C13H18N4S. The number of thiazole rings is 1. The van der Waals surface area contributed by atoms with Gasteiger partial charge < -0.3 is 5.32 Å². The molecule has 18 heavy (non-hydrogen) atoms. The third-order valence-electron chi connectivity index (χ3n) is 3.17. The van der Waals surface area contributed by atoms with Crippen LogP contribution in [0.1, 0.15) is 31.2 Å². The van der Waals surface area contributed by atoms with Gasteiger partial charge in [0.25, 0.3) is 0 Å². The Morgan fingerprint density at radius 3 is 3.06 bits per heavy atom. The van der Waals surface area contributed by atoms with Gasteiger partial charge in [0, 0.05) is 31.2 Å². The van der Waals surface area contributed by atoms with E-state index >= 15 is 0 Å². The molecule has 1 fully saturated rings. The summed E-state index contributed by atoms with van der Waals surface area (Å²) in [4.78, 5) is 4.70. The van der Waals surface area contributed by atoms with E-state index in [1.54, 1.807) is 11.3 Å². The summed E-state index contributed by atoms with van der Waals surface area (Å²) in [6.07, 6.45) is 5.65. The third-order valence-corrected chi connectivity index (χ3v) is 4.10. The van der Waals surface area contributed by atoms with Crippen LogP contribution in [0.4, 0.5) is 0 Å². The average Bonchev–Trinajstić information content (AvgIpc) is 2.94. The summed E-state index contributed by atoms with van der Waals surface area (Å²) in [6.45, 7) is 3.03. The highest BCUT2D eigenvalue weighted by Gasteiger charge is 2.20. The summed E-state index contributed by atoms with van der Waals surface area (Å²) >= 11 is 1.71. The number of hydrogen-bond donors (Lipinski definition) is 1. The van der Waals surface area contributed by atoms with Crippen LogP contribution in [0.3, 0.4) is 0 Å². The molecule has 2 aromatic rings. The van der Waals surface area contributed by atoms with Crippen molar-refractivity contribution in [3.8, 4) is 10.6 Å². The summed E-state index contributed by atoms with van der Waals surface area (Å²) in [6, 6.07) is 0.736. The minimum absolute atomic E-state index is 0.736.